The monoisotopic (exact) mass is 416 g/mol. The summed E-state index contributed by atoms with van der Waals surface area (Å²) in [5.41, 5.74) is 2.58. The van der Waals surface area contributed by atoms with Gasteiger partial charge in [-0.05, 0) is 36.8 Å². The molecule has 1 amide bonds. The molecule has 4 rings (SSSR count). The third-order valence-corrected chi connectivity index (χ3v) is 5.92. The first-order chi connectivity index (χ1) is 13.0. The second kappa shape index (κ2) is 7.35. The first-order valence-corrected chi connectivity index (χ1v) is 9.77. The highest BCUT2D eigenvalue weighted by atomic mass is 35.5. The second-order valence-electron chi connectivity index (χ2n) is 6.06. The highest BCUT2D eigenvalue weighted by molar-refractivity contribution is 7.15. The van der Waals surface area contributed by atoms with Gasteiger partial charge in [0.2, 0.25) is 0 Å². The fourth-order valence-corrected chi connectivity index (χ4v) is 4.05. The van der Waals surface area contributed by atoms with Gasteiger partial charge in [-0.15, -0.1) is 11.3 Å². The average Bonchev–Trinajstić information content (AvgIpc) is 3.22. The number of para-hydroxylation sites is 1. The Bertz CT molecular complexity index is 1120. The summed E-state index contributed by atoms with van der Waals surface area (Å²) in [5.74, 6) is -0.0591. The molecular formula is C20H14Cl2N2O2S. The van der Waals surface area contributed by atoms with Gasteiger partial charge in [-0.25, -0.2) is 4.98 Å². The number of nitrogens with one attached hydrogen (secondary N) is 1. The molecule has 4 nitrogen and oxygen atoms in total. The van der Waals surface area contributed by atoms with Gasteiger partial charge < -0.3 is 4.42 Å². The number of carbonyl (C=O) groups excluding carboxylic acids is 1. The molecule has 27 heavy (non-hydrogen) atoms. The Morgan fingerprint density at radius 1 is 1.15 bits per heavy atom. The molecule has 0 saturated heterocycles. The van der Waals surface area contributed by atoms with E-state index in [2.05, 4.69) is 10.3 Å². The Labute approximate surface area is 169 Å². The number of carbonyl (C=O) groups is 1. The topological polar surface area (TPSA) is 55.1 Å². The largest absolute Gasteiger partial charge is 0.451 e. The molecule has 0 aliphatic carbocycles. The van der Waals surface area contributed by atoms with Crippen molar-refractivity contribution in [2.24, 2.45) is 0 Å². The summed E-state index contributed by atoms with van der Waals surface area (Å²) in [6.07, 6.45) is 0.668. The number of hydrogen-bond acceptors (Lipinski definition) is 4. The lowest BCUT2D eigenvalue weighted by Gasteiger charge is -2.02. The van der Waals surface area contributed by atoms with E-state index >= 15 is 0 Å². The molecule has 2 aromatic carbocycles. The number of fused-ring (bicyclic) bond motifs is 1. The number of aryl methyl sites for hydroxylation is 1. The molecule has 0 radical (unpaired) electrons. The molecule has 2 heterocycles. The van der Waals surface area contributed by atoms with E-state index in [-0.39, 0.29) is 11.7 Å². The summed E-state index contributed by atoms with van der Waals surface area (Å²) >= 11 is 13.5. The normalized spacial score (nSPS) is 11.1. The fourth-order valence-electron chi connectivity index (χ4n) is 2.73. The molecule has 0 spiro atoms. The third kappa shape index (κ3) is 3.86. The predicted molar refractivity (Wildman–Crippen MR) is 110 cm³/mol. The lowest BCUT2D eigenvalue weighted by Crippen LogP contribution is -2.10. The second-order valence-corrected chi connectivity index (χ2v) is 7.95. The van der Waals surface area contributed by atoms with Gasteiger partial charge in [0.25, 0.3) is 5.91 Å². The van der Waals surface area contributed by atoms with Crippen molar-refractivity contribution >= 4 is 56.5 Å². The van der Waals surface area contributed by atoms with Crippen LogP contribution in [-0.4, -0.2) is 10.9 Å². The van der Waals surface area contributed by atoms with E-state index < -0.39 is 0 Å². The van der Waals surface area contributed by atoms with Crippen LogP contribution in [-0.2, 0) is 6.42 Å². The third-order valence-electron chi connectivity index (χ3n) is 4.11. The molecule has 0 saturated carbocycles. The van der Waals surface area contributed by atoms with Gasteiger partial charge in [0, 0.05) is 16.7 Å². The zero-order chi connectivity index (χ0) is 19.0. The fraction of sp³-hybridized carbons (Fsp3) is 0.100. The number of nitrogens with zero attached hydrogens (tertiary/aromatic N) is 1. The molecule has 136 valence electrons. The predicted octanol–water partition coefficient (Wildman–Crippen LogP) is 6.35. The minimum absolute atomic E-state index is 0.259. The standard InChI is InChI=1S/C20H14Cl2N2O2S/c1-11-18(9-12-6-7-14(21)15(22)8-12)27-20(23-11)24-19(25)17-10-13-4-2-3-5-16(13)26-17/h2-8,10H,9H2,1H3,(H,23,24,25). The molecule has 0 aliphatic heterocycles. The summed E-state index contributed by atoms with van der Waals surface area (Å²) in [6.45, 7) is 1.92. The minimum Gasteiger partial charge on any atom is -0.451 e. The SMILES string of the molecule is Cc1nc(NC(=O)c2cc3ccccc3o2)sc1Cc1ccc(Cl)c(Cl)c1. The number of aromatic nitrogens is 1. The Morgan fingerprint density at radius 3 is 2.74 bits per heavy atom. The number of furan rings is 1. The zero-order valence-corrected chi connectivity index (χ0v) is 16.6. The van der Waals surface area contributed by atoms with E-state index in [1.165, 1.54) is 11.3 Å². The maximum atomic E-state index is 12.5. The van der Waals surface area contributed by atoms with Crippen LogP contribution in [0, 0.1) is 6.92 Å². The summed E-state index contributed by atoms with van der Waals surface area (Å²) in [7, 11) is 0. The maximum Gasteiger partial charge on any atom is 0.293 e. The van der Waals surface area contributed by atoms with Gasteiger partial charge in [-0.2, -0.15) is 0 Å². The molecule has 1 N–H and O–H groups in total. The van der Waals surface area contributed by atoms with Crippen molar-refractivity contribution in [1.82, 2.24) is 4.98 Å². The lowest BCUT2D eigenvalue weighted by atomic mass is 10.1. The molecule has 4 aromatic rings. The van der Waals surface area contributed by atoms with Crippen molar-refractivity contribution in [3.05, 3.63) is 80.5 Å². The van der Waals surface area contributed by atoms with Crippen molar-refractivity contribution in [2.45, 2.75) is 13.3 Å². The van der Waals surface area contributed by atoms with E-state index in [4.69, 9.17) is 27.6 Å². The first kappa shape index (κ1) is 18.0. The van der Waals surface area contributed by atoms with Crippen LogP contribution in [0.3, 0.4) is 0 Å². The van der Waals surface area contributed by atoms with Crippen LogP contribution in [0.15, 0.2) is 52.9 Å². The van der Waals surface area contributed by atoms with Gasteiger partial charge in [-0.3, -0.25) is 10.1 Å². The number of thiazole rings is 1. The number of halogens is 2. The van der Waals surface area contributed by atoms with Gasteiger partial charge in [0.15, 0.2) is 10.9 Å². The molecule has 2 aromatic heterocycles. The van der Waals surface area contributed by atoms with E-state index in [0.29, 0.717) is 27.2 Å². The molecule has 0 atom stereocenters. The van der Waals surface area contributed by atoms with Crippen LogP contribution in [0.25, 0.3) is 11.0 Å². The summed E-state index contributed by atoms with van der Waals surface area (Å²) in [5, 5.41) is 5.29. The van der Waals surface area contributed by atoms with E-state index in [1.807, 2.05) is 43.3 Å². The Morgan fingerprint density at radius 2 is 1.96 bits per heavy atom. The van der Waals surface area contributed by atoms with Crippen LogP contribution in [0.4, 0.5) is 5.13 Å². The van der Waals surface area contributed by atoms with Crippen molar-refractivity contribution < 1.29 is 9.21 Å². The number of anilines is 1. The van der Waals surface area contributed by atoms with E-state index in [1.54, 1.807) is 12.1 Å². The highest BCUT2D eigenvalue weighted by Crippen LogP contribution is 2.29. The smallest absolute Gasteiger partial charge is 0.293 e. The van der Waals surface area contributed by atoms with Gasteiger partial charge >= 0.3 is 0 Å². The molecular weight excluding hydrogens is 403 g/mol. The van der Waals surface area contributed by atoms with Crippen molar-refractivity contribution in [3.63, 3.8) is 0 Å². The van der Waals surface area contributed by atoms with Crippen molar-refractivity contribution in [1.29, 1.82) is 0 Å². The minimum atomic E-state index is -0.318. The van der Waals surface area contributed by atoms with Crippen LogP contribution >= 0.6 is 34.5 Å². The quantitative estimate of drug-likeness (QED) is 0.421. The molecule has 7 heteroatoms. The van der Waals surface area contributed by atoms with E-state index in [0.717, 1.165) is 21.5 Å². The summed E-state index contributed by atoms with van der Waals surface area (Å²) in [6, 6.07) is 14.8. The Hall–Kier alpha value is -2.34. The van der Waals surface area contributed by atoms with Crippen LogP contribution in [0.2, 0.25) is 10.0 Å². The Balaban J connectivity index is 1.52. The van der Waals surface area contributed by atoms with Gasteiger partial charge in [0.1, 0.15) is 5.58 Å². The van der Waals surface area contributed by atoms with E-state index in [9.17, 15) is 4.79 Å². The summed E-state index contributed by atoms with van der Waals surface area (Å²) in [4.78, 5) is 18.0. The first-order valence-electron chi connectivity index (χ1n) is 8.20. The molecule has 0 bridgehead atoms. The van der Waals surface area contributed by atoms with Crippen molar-refractivity contribution in [2.75, 3.05) is 5.32 Å². The molecule has 0 unspecified atom stereocenters. The molecule has 0 aliphatic rings. The number of amides is 1. The number of benzene rings is 2. The average molecular weight is 417 g/mol. The lowest BCUT2D eigenvalue weighted by molar-refractivity contribution is 0.0998. The Kier molecular flexibility index (Phi) is 4.91. The van der Waals surface area contributed by atoms with Crippen LogP contribution < -0.4 is 5.32 Å². The highest BCUT2D eigenvalue weighted by Gasteiger charge is 2.16. The number of rotatable bonds is 4. The van der Waals surface area contributed by atoms with Crippen molar-refractivity contribution in [3.8, 4) is 0 Å². The van der Waals surface area contributed by atoms with Gasteiger partial charge in [0.05, 0.1) is 15.7 Å². The maximum absolute atomic E-state index is 12.5. The molecule has 0 fully saturated rings. The number of hydrogen-bond donors (Lipinski definition) is 1. The summed E-state index contributed by atoms with van der Waals surface area (Å²) < 4.78 is 5.60. The zero-order valence-electron chi connectivity index (χ0n) is 14.3. The van der Waals surface area contributed by atoms with Crippen LogP contribution in [0.5, 0.6) is 0 Å². The van der Waals surface area contributed by atoms with Crippen LogP contribution in [0.1, 0.15) is 26.7 Å². The van der Waals surface area contributed by atoms with Gasteiger partial charge in [-0.1, -0.05) is 47.5 Å².